The van der Waals surface area contributed by atoms with E-state index in [2.05, 4.69) is 15.6 Å². The molecular weight excluding hydrogens is 730 g/mol. The third kappa shape index (κ3) is 8.28. The second-order valence-electron chi connectivity index (χ2n) is 13.1. The number of methoxy groups -OCH3 is 1. The van der Waals surface area contributed by atoms with E-state index in [0.717, 1.165) is 16.7 Å². The fraction of sp³-hybridized carbons (Fsp3) is 0.222. The maximum atomic E-state index is 15.1. The number of carboxylic acid groups (broad SMARTS) is 1. The molecule has 2 amide bonds. The van der Waals surface area contributed by atoms with E-state index in [4.69, 9.17) is 4.74 Å². The quantitative estimate of drug-likeness (QED) is 0.155. The summed E-state index contributed by atoms with van der Waals surface area (Å²) >= 11 is 0. The number of sulfonamides is 1. The van der Waals surface area contributed by atoms with Crippen LogP contribution in [-0.2, 0) is 28.3 Å². The summed E-state index contributed by atoms with van der Waals surface area (Å²) in [5.41, 5.74) is -2.66. The molecule has 0 bridgehead atoms. The van der Waals surface area contributed by atoms with E-state index in [0.29, 0.717) is 17.7 Å². The summed E-state index contributed by atoms with van der Waals surface area (Å²) in [7, 11) is -1.65. The third-order valence-corrected chi connectivity index (χ3v) is 9.42. The average molecular weight is 765 g/mol. The number of halogens is 2. The number of pyridine rings is 1. The lowest BCUT2D eigenvalue weighted by Gasteiger charge is -2.20. The maximum absolute atomic E-state index is 15.1. The standard InChI is InChI=1S/C36H34F2N6O9S/c1-36(2,3)41-31(45)20-8-12-22(13-9-20)54(51,52)42-27-17-25(37)23(15-26(27)38)32(46)40-28(34(48)49)14-19-6-10-21(11-7-19)44-33(47)24-16-30(53-5)39-18-29(24)43(4)35(44)50/h6-13,15-18,28,42H,14H2,1-5H3,(H,40,46)(H,41,45)(H,48,49)/t28-/m0/s1. The van der Waals surface area contributed by atoms with Crippen LogP contribution in [0.2, 0.25) is 0 Å². The molecule has 5 aromatic rings. The lowest BCUT2D eigenvalue weighted by molar-refractivity contribution is -0.139. The minimum Gasteiger partial charge on any atom is -0.481 e. The van der Waals surface area contributed by atoms with Crippen LogP contribution < -0.4 is 31.3 Å². The Morgan fingerprint density at radius 2 is 1.59 bits per heavy atom. The van der Waals surface area contributed by atoms with Crippen molar-refractivity contribution >= 4 is 44.4 Å². The molecule has 4 N–H and O–H groups in total. The van der Waals surface area contributed by atoms with Gasteiger partial charge >= 0.3 is 11.7 Å². The Hall–Kier alpha value is -6.43. The van der Waals surface area contributed by atoms with Gasteiger partial charge < -0.3 is 20.5 Å². The normalized spacial score (nSPS) is 12.2. The number of fused-ring (bicyclic) bond motifs is 1. The van der Waals surface area contributed by atoms with Gasteiger partial charge in [0.15, 0.2) is 0 Å². The van der Waals surface area contributed by atoms with Crippen molar-refractivity contribution in [2.75, 3.05) is 11.8 Å². The first-order valence-corrected chi connectivity index (χ1v) is 17.5. The van der Waals surface area contributed by atoms with Gasteiger partial charge in [0.1, 0.15) is 17.7 Å². The SMILES string of the molecule is COc1cc2c(=O)n(-c3ccc(C[C@H](NC(=O)c4cc(F)c(NS(=O)(=O)c5ccc(C(=O)NC(C)(C)C)cc5)cc4F)C(=O)O)cc3)c(=O)n(C)c2cn1. The Bertz CT molecular complexity index is 2530. The summed E-state index contributed by atoms with van der Waals surface area (Å²) in [6.45, 7) is 5.30. The van der Waals surface area contributed by atoms with E-state index in [1.54, 1.807) is 20.8 Å². The zero-order valence-corrected chi connectivity index (χ0v) is 30.2. The molecule has 2 aromatic heterocycles. The Balaban J connectivity index is 1.31. The van der Waals surface area contributed by atoms with Gasteiger partial charge in [-0.3, -0.25) is 23.7 Å². The number of rotatable bonds is 11. The highest BCUT2D eigenvalue weighted by Crippen LogP contribution is 2.24. The molecule has 0 radical (unpaired) electrons. The van der Waals surface area contributed by atoms with Crippen LogP contribution >= 0.6 is 0 Å². The molecule has 3 aromatic carbocycles. The highest BCUT2D eigenvalue weighted by atomic mass is 32.2. The number of carboxylic acids is 1. The zero-order valence-electron chi connectivity index (χ0n) is 29.4. The lowest BCUT2D eigenvalue weighted by atomic mass is 10.0. The van der Waals surface area contributed by atoms with Gasteiger partial charge in [0.05, 0.1) is 46.0 Å². The second kappa shape index (κ2) is 14.9. The van der Waals surface area contributed by atoms with Gasteiger partial charge in [-0.2, -0.15) is 0 Å². The van der Waals surface area contributed by atoms with Gasteiger partial charge in [0, 0.05) is 36.7 Å². The van der Waals surface area contributed by atoms with E-state index in [1.165, 1.54) is 67.4 Å². The molecule has 0 aliphatic rings. The summed E-state index contributed by atoms with van der Waals surface area (Å²) in [4.78, 5) is 67.5. The van der Waals surface area contributed by atoms with Gasteiger partial charge in [-0.15, -0.1) is 0 Å². The first kappa shape index (κ1) is 38.8. The molecule has 1 atom stereocenters. The molecule has 0 spiro atoms. The molecule has 0 fully saturated rings. The van der Waals surface area contributed by atoms with Crippen LogP contribution in [0.25, 0.3) is 16.6 Å². The van der Waals surface area contributed by atoms with Gasteiger partial charge in [0.25, 0.3) is 27.4 Å². The summed E-state index contributed by atoms with van der Waals surface area (Å²) in [5.74, 6) is -5.80. The number of aryl methyl sites for hydroxylation is 1. The molecule has 5 rings (SSSR count). The molecule has 0 saturated heterocycles. The summed E-state index contributed by atoms with van der Waals surface area (Å²) in [6.07, 6.45) is 0.994. The van der Waals surface area contributed by atoms with Crippen molar-refractivity contribution in [3.8, 4) is 11.6 Å². The van der Waals surface area contributed by atoms with Crippen molar-refractivity contribution < 1.29 is 41.4 Å². The zero-order chi connectivity index (χ0) is 39.7. The van der Waals surface area contributed by atoms with E-state index < -0.39 is 73.5 Å². The Kier molecular flexibility index (Phi) is 10.7. The highest BCUT2D eigenvalue weighted by Gasteiger charge is 2.26. The largest absolute Gasteiger partial charge is 0.481 e. The predicted molar refractivity (Wildman–Crippen MR) is 193 cm³/mol. The Labute approximate surface area is 306 Å². The highest BCUT2D eigenvalue weighted by molar-refractivity contribution is 7.92. The Morgan fingerprint density at radius 3 is 2.19 bits per heavy atom. The Morgan fingerprint density at radius 1 is 0.944 bits per heavy atom. The third-order valence-electron chi connectivity index (χ3n) is 8.04. The average Bonchev–Trinajstić information content (AvgIpc) is 3.11. The summed E-state index contributed by atoms with van der Waals surface area (Å²) in [6, 6.07) is 11.0. The van der Waals surface area contributed by atoms with Crippen molar-refractivity contribution in [1.82, 2.24) is 24.8 Å². The van der Waals surface area contributed by atoms with Gasteiger partial charge in [-0.25, -0.2) is 36.3 Å². The molecule has 18 heteroatoms. The lowest BCUT2D eigenvalue weighted by Crippen LogP contribution is -2.42. The van der Waals surface area contributed by atoms with Crippen LogP contribution in [0.15, 0.2) is 87.4 Å². The number of hydrogen-bond donors (Lipinski definition) is 4. The van der Waals surface area contributed by atoms with Crippen molar-refractivity contribution in [3.05, 3.63) is 122 Å². The van der Waals surface area contributed by atoms with Crippen LogP contribution in [0, 0.1) is 11.6 Å². The number of aliphatic carboxylic acids is 1. The number of hydrogen-bond acceptors (Lipinski definition) is 9. The molecule has 282 valence electrons. The first-order valence-electron chi connectivity index (χ1n) is 16.0. The number of nitrogens with zero attached hydrogens (tertiary/aromatic N) is 3. The first-order chi connectivity index (χ1) is 25.3. The molecule has 2 heterocycles. The van der Waals surface area contributed by atoms with Crippen molar-refractivity contribution in [2.24, 2.45) is 7.05 Å². The van der Waals surface area contributed by atoms with Crippen LogP contribution in [0.4, 0.5) is 14.5 Å². The maximum Gasteiger partial charge on any atom is 0.335 e. The van der Waals surface area contributed by atoms with Gasteiger partial charge in [-0.1, -0.05) is 12.1 Å². The van der Waals surface area contributed by atoms with Crippen molar-refractivity contribution in [2.45, 2.75) is 43.7 Å². The fourth-order valence-electron chi connectivity index (χ4n) is 5.32. The number of carbonyl (C=O) groups excluding carboxylic acids is 2. The number of nitrogens with one attached hydrogen (secondary N) is 3. The molecular formula is C36H34F2N6O9S. The van der Waals surface area contributed by atoms with Gasteiger partial charge in [-0.05, 0) is 68.8 Å². The molecule has 0 aliphatic heterocycles. The fourth-order valence-corrected chi connectivity index (χ4v) is 6.38. The van der Waals surface area contributed by atoms with Crippen molar-refractivity contribution in [3.63, 3.8) is 0 Å². The number of anilines is 1. The van der Waals surface area contributed by atoms with E-state index in [9.17, 15) is 37.5 Å². The molecule has 15 nitrogen and oxygen atoms in total. The topological polar surface area (TPSA) is 208 Å². The number of benzene rings is 3. The minimum atomic E-state index is -4.48. The summed E-state index contributed by atoms with van der Waals surface area (Å²) < 4.78 is 65.2. The van der Waals surface area contributed by atoms with E-state index >= 15 is 8.78 Å². The monoisotopic (exact) mass is 764 g/mol. The number of ether oxygens (including phenoxy) is 1. The molecule has 0 unspecified atom stereocenters. The minimum absolute atomic E-state index is 0.157. The van der Waals surface area contributed by atoms with E-state index in [-0.39, 0.29) is 39.4 Å². The molecule has 0 saturated carbocycles. The number of amides is 2. The second-order valence-corrected chi connectivity index (χ2v) is 14.8. The molecule has 54 heavy (non-hydrogen) atoms. The van der Waals surface area contributed by atoms with Crippen LogP contribution in [0.5, 0.6) is 5.88 Å². The molecule has 0 aliphatic carbocycles. The van der Waals surface area contributed by atoms with Crippen molar-refractivity contribution in [1.29, 1.82) is 0 Å². The van der Waals surface area contributed by atoms with Crippen LogP contribution in [0.3, 0.4) is 0 Å². The van der Waals surface area contributed by atoms with Gasteiger partial charge in [0.2, 0.25) is 5.88 Å². The van der Waals surface area contributed by atoms with E-state index in [1.807, 2.05) is 4.72 Å². The number of carbonyl (C=O) groups is 3. The predicted octanol–water partition coefficient (Wildman–Crippen LogP) is 3.13. The summed E-state index contributed by atoms with van der Waals surface area (Å²) in [5, 5.41) is 14.8. The van der Waals surface area contributed by atoms with Crippen LogP contribution in [0.1, 0.15) is 47.1 Å². The smallest absolute Gasteiger partial charge is 0.335 e. The number of aromatic nitrogens is 3. The van der Waals surface area contributed by atoms with Crippen LogP contribution in [-0.4, -0.2) is 64.1 Å².